The van der Waals surface area contributed by atoms with E-state index in [9.17, 15) is 13.2 Å². The van der Waals surface area contributed by atoms with Gasteiger partial charge in [0.1, 0.15) is 0 Å². The van der Waals surface area contributed by atoms with Crippen molar-refractivity contribution in [3.63, 3.8) is 0 Å². The fourth-order valence-corrected chi connectivity index (χ4v) is 3.55. The number of benzene rings is 1. The van der Waals surface area contributed by atoms with Crippen LogP contribution in [0.4, 0.5) is 13.2 Å². The Bertz CT molecular complexity index is 420. The van der Waals surface area contributed by atoms with Crippen LogP contribution in [0, 0.1) is 12.8 Å². The van der Waals surface area contributed by atoms with Crippen molar-refractivity contribution in [2.45, 2.75) is 55.9 Å². The van der Waals surface area contributed by atoms with E-state index in [1.54, 1.807) is 12.1 Å². The van der Waals surface area contributed by atoms with Crippen LogP contribution in [0.1, 0.15) is 43.2 Å². The summed E-state index contributed by atoms with van der Waals surface area (Å²) >= 11 is -0.0128. The summed E-state index contributed by atoms with van der Waals surface area (Å²) in [5.41, 5.74) is -2.24. The minimum atomic E-state index is -4.20. The molecule has 0 N–H and O–H groups in total. The van der Waals surface area contributed by atoms with Crippen molar-refractivity contribution >= 4 is 11.8 Å². The summed E-state index contributed by atoms with van der Waals surface area (Å²) in [6.45, 7) is 1.86. The first-order valence-electron chi connectivity index (χ1n) is 6.79. The molecule has 0 radical (unpaired) electrons. The maximum absolute atomic E-state index is 12.4. The van der Waals surface area contributed by atoms with Crippen LogP contribution in [0.25, 0.3) is 0 Å². The highest BCUT2D eigenvalue weighted by Crippen LogP contribution is 2.38. The Balaban J connectivity index is 1.99. The summed E-state index contributed by atoms with van der Waals surface area (Å²) in [6, 6.07) is 5.31. The molecule has 0 nitrogen and oxygen atoms in total. The maximum Gasteiger partial charge on any atom is 0.446 e. The second-order valence-corrected chi connectivity index (χ2v) is 6.53. The maximum atomic E-state index is 12.4. The molecule has 2 rings (SSSR count). The fourth-order valence-electron chi connectivity index (χ4n) is 2.83. The second kappa shape index (κ2) is 6.21. The average molecular weight is 288 g/mol. The molecule has 19 heavy (non-hydrogen) atoms. The lowest BCUT2D eigenvalue weighted by Crippen LogP contribution is -2.00. The van der Waals surface area contributed by atoms with Crippen LogP contribution < -0.4 is 0 Å². The molecule has 0 spiro atoms. The van der Waals surface area contributed by atoms with E-state index in [0.717, 1.165) is 29.9 Å². The normalized spacial score (nSPS) is 17.1. The third-order valence-electron chi connectivity index (χ3n) is 3.66. The molecule has 1 aromatic rings. The largest absolute Gasteiger partial charge is 0.446 e. The summed E-state index contributed by atoms with van der Waals surface area (Å²) in [6.07, 6.45) is 7.21. The molecule has 4 heteroatoms. The number of hydrogen-bond acceptors (Lipinski definition) is 1. The Morgan fingerprint density at radius 2 is 1.84 bits per heavy atom. The zero-order valence-corrected chi connectivity index (χ0v) is 11.9. The Hall–Kier alpha value is -0.640. The van der Waals surface area contributed by atoms with E-state index in [1.807, 2.05) is 13.0 Å². The van der Waals surface area contributed by atoms with Crippen LogP contribution in [0.5, 0.6) is 0 Å². The lowest BCUT2D eigenvalue weighted by atomic mass is 9.97. The molecule has 106 valence electrons. The highest BCUT2D eigenvalue weighted by Gasteiger charge is 2.29. The third kappa shape index (κ3) is 5.09. The van der Waals surface area contributed by atoms with Gasteiger partial charge in [0.25, 0.3) is 0 Å². The molecular formula is C15H19F3S. The first kappa shape index (κ1) is 14.8. The molecule has 1 aliphatic rings. The van der Waals surface area contributed by atoms with Crippen molar-refractivity contribution < 1.29 is 13.2 Å². The Labute approximate surface area is 116 Å². The Morgan fingerprint density at radius 1 is 1.16 bits per heavy atom. The van der Waals surface area contributed by atoms with Gasteiger partial charge < -0.3 is 0 Å². The van der Waals surface area contributed by atoms with E-state index >= 15 is 0 Å². The van der Waals surface area contributed by atoms with E-state index < -0.39 is 5.51 Å². The van der Waals surface area contributed by atoms with Crippen molar-refractivity contribution in [3.05, 3.63) is 29.3 Å². The molecule has 1 aromatic carbocycles. The van der Waals surface area contributed by atoms with E-state index in [2.05, 4.69) is 0 Å². The smallest absolute Gasteiger partial charge is 0.160 e. The molecule has 0 atom stereocenters. The molecule has 0 saturated heterocycles. The van der Waals surface area contributed by atoms with Gasteiger partial charge >= 0.3 is 5.51 Å². The van der Waals surface area contributed by atoms with Crippen molar-refractivity contribution in [2.24, 2.45) is 5.92 Å². The van der Waals surface area contributed by atoms with Crippen LogP contribution in [-0.4, -0.2) is 5.51 Å². The lowest BCUT2D eigenvalue weighted by Gasteiger charge is -2.11. The fraction of sp³-hybridized carbons (Fsp3) is 0.600. The topological polar surface area (TPSA) is 0 Å². The van der Waals surface area contributed by atoms with Crippen LogP contribution in [0.2, 0.25) is 0 Å². The van der Waals surface area contributed by atoms with Crippen LogP contribution in [0.15, 0.2) is 23.1 Å². The van der Waals surface area contributed by atoms with Gasteiger partial charge in [0, 0.05) is 4.90 Å². The van der Waals surface area contributed by atoms with Gasteiger partial charge in [-0.1, -0.05) is 31.7 Å². The number of rotatable bonds is 4. The molecule has 1 fully saturated rings. The summed E-state index contributed by atoms with van der Waals surface area (Å²) in [4.78, 5) is 0.314. The number of alkyl halides is 3. The van der Waals surface area contributed by atoms with E-state index in [4.69, 9.17) is 0 Å². The Morgan fingerprint density at radius 3 is 2.47 bits per heavy atom. The minimum absolute atomic E-state index is 0.0128. The predicted octanol–water partition coefficient (Wildman–Crippen LogP) is 5.73. The Kier molecular flexibility index (Phi) is 4.82. The SMILES string of the molecule is Cc1cc(CCC2CCCC2)cc(SC(F)(F)F)c1. The van der Waals surface area contributed by atoms with Gasteiger partial charge in [-0.2, -0.15) is 13.2 Å². The second-order valence-electron chi connectivity index (χ2n) is 5.39. The highest BCUT2D eigenvalue weighted by atomic mass is 32.2. The van der Waals surface area contributed by atoms with Gasteiger partial charge in [0.05, 0.1) is 0 Å². The number of hydrogen-bond donors (Lipinski definition) is 0. The molecule has 0 bridgehead atoms. The van der Waals surface area contributed by atoms with Crippen LogP contribution in [0.3, 0.4) is 0 Å². The summed E-state index contributed by atoms with van der Waals surface area (Å²) < 4.78 is 37.2. The molecule has 0 amide bonds. The lowest BCUT2D eigenvalue weighted by molar-refractivity contribution is -0.0328. The molecule has 0 aliphatic heterocycles. The zero-order valence-electron chi connectivity index (χ0n) is 11.1. The highest BCUT2D eigenvalue weighted by molar-refractivity contribution is 8.00. The standard InChI is InChI=1S/C15H19F3S/c1-11-8-13(7-6-12-4-2-3-5-12)10-14(9-11)19-15(16,17)18/h8-10,12H,2-7H2,1H3. The molecule has 0 heterocycles. The molecular weight excluding hydrogens is 269 g/mol. The number of halogens is 3. The van der Waals surface area contributed by atoms with E-state index in [-0.39, 0.29) is 11.8 Å². The monoisotopic (exact) mass is 288 g/mol. The minimum Gasteiger partial charge on any atom is -0.160 e. The van der Waals surface area contributed by atoms with E-state index in [0.29, 0.717) is 4.90 Å². The molecule has 1 aliphatic carbocycles. The van der Waals surface area contributed by atoms with Crippen molar-refractivity contribution in [1.29, 1.82) is 0 Å². The summed E-state index contributed by atoms with van der Waals surface area (Å²) in [5, 5.41) is 0. The van der Waals surface area contributed by atoms with Crippen LogP contribution in [-0.2, 0) is 6.42 Å². The average Bonchev–Trinajstić information content (AvgIpc) is 2.75. The van der Waals surface area contributed by atoms with Crippen LogP contribution >= 0.6 is 11.8 Å². The molecule has 0 unspecified atom stereocenters. The first-order chi connectivity index (χ1) is 8.92. The zero-order chi connectivity index (χ0) is 13.9. The van der Waals surface area contributed by atoms with Gasteiger partial charge in [-0.15, -0.1) is 0 Å². The molecule has 0 aromatic heterocycles. The predicted molar refractivity (Wildman–Crippen MR) is 73.4 cm³/mol. The quantitative estimate of drug-likeness (QED) is 0.637. The van der Waals surface area contributed by atoms with Crippen molar-refractivity contribution in [3.8, 4) is 0 Å². The first-order valence-corrected chi connectivity index (χ1v) is 7.60. The van der Waals surface area contributed by atoms with Gasteiger partial charge in [0.15, 0.2) is 0 Å². The van der Waals surface area contributed by atoms with E-state index in [1.165, 1.54) is 25.7 Å². The van der Waals surface area contributed by atoms with Gasteiger partial charge in [0.2, 0.25) is 0 Å². The van der Waals surface area contributed by atoms with Crippen molar-refractivity contribution in [1.82, 2.24) is 0 Å². The van der Waals surface area contributed by atoms with Crippen molar-refractivity contribution in [2.75, 3.05) is 0 Å². The summed E-state index contributed by atoms with van der Waals surface area (Å²) in [7, 11) is 0. The number of thioether (sulfide) groups is 1. The number of aryl methyl sites for hydroxylation is 2. The molecule has 1 saturated carbocycles. The summed E-state index contributed by atoms with van der Waals surface area (Å²) in [5.74, 6) is 0.777. The van der Waals surface area contributed by atoms with Gasteiger partial charge in [-0.05, 0) is 60.7 Å². The van der Waals surface area contributed by atoms with Gasteiger partial charge in [-0.25, -0.2) is 0 Å². The third-order valence-corrected chi connectivity index (χ3v) is 4.36. The van der Waals surface area contributed by atoms with Gasteiger partial charge in [-0.3, -0.25) is 0 Å².